The topological polar surface area (TPSA) is 91.1 Å². The van der Waals surface area contributed by atoms with E-state index in [9.17, 15) is 9.59 Å². The summed E-state index contributed by atoms with van der Waals surface area (Å²) in [4.78, 5) is 32.0. The van der Waals surface area contributed by atoms with Crippen molar-refractivity contribution in [1.29, 1.82) is 0 Å². The molecular formula is C18H24N6O2. The Morgan fingerprint density at radius 2 is 2.08 bits per heavy atom. The van der Waals surface area contributed by atoms with Crippen molar-refractivity contribution in [2.24, 2.45) is 19.8 Å². The van der Waals surface area contributed by atoms with Gasteiger partial charge in [0, 0.05) is 39.8 Å². The van der Waals surface area contributed by atoms with Crippen molar-refractivity contribution in [1.82, 2.24) is 18.7 Å². The molecule has 0 bridgehead atoms. The number of allylic oxidation sites excluding steroid dienone is 4. The van der Waals surface area contributed by atoms with Gasteiger partial charge in [-0.1, -0.05) is 23.8 Å². The Labute approximate surface area is 150 Å². The number of anilines is 1. The Morgan fingerprint density at radius 3 is 2.73 bits per heavy atom. The van der Waals surface area contributed by atoms with Crippen LogP contribution in [0.4, 0.5) is 5.95 Å². The normalized spacial score (nSPS) is 20.2. The maximum absolute atomic E-state index is 12.9. The second kappa shape index (κ2) is 6.28. The van der Waals surface area contributed by atoms with Crippen LogP contribution in [0.25, 0.3) is 11.2 Å². The molecule has 2 N–H and O–H groups in total. The molecule has 0 unspecified atom stereocenters. The summed E-state index contributed by atoms with van der Waals surface area (Å²) in [5.74, 6) is 0.724. The summed E-state index contributed by atoms with van der Waals surface area (Å²) in [6.45, 7) is 2.10. The second-order valence-corrected chi connectivity index (χ2v) is 7.16. The van der Waals surface area contributed by atoms with E-state index < -0.39 is 0 Å². The van der Waals surface area contributed by atoms with Gasteiger partial charge in [0.05, 0.1) is 0 Å². The Bertz CT molecular complexity index is 1040. The smallest absolute Gasteiger partial charge is 0.332 e. The molecule has 4 rings (SSSR count). The van der Waals surface area contributed by atoms with Crippen LogP contribution in [0.5, 0.6) is 0 Å². The lowest BCUT2D eigenvalue weighted by atomic mass is 10.1. The second-order valence-electron chi connectivity index (χ2n) is 7.16. The molecule has 26 heavy (non-hydrogen) atoms. The molecule has 0 aromatic carbocycles. The highest BCUT2D eigenvalue weighted by Gasteiger charge is 2.27. The minimum atomic E-state index is -0.364. The van der Waals surface area contributed by atoms with Crippen LogP contribution in [-0.2, 0) is 20.6 Å². The molecule has 0 radical (unpaired) electrons. The first-order valence-corrected chi connectivity index (χ1v) is 8.98. The van der Waals surface area contributed by atoms with Gasteiger partial charge in [-0.25, -0.2) is 4.79 Å². The van der Waals surface area contributed by atoms with Gasteiger partial charge in [-0.2, -0.15) is 4.98 Å². The van der Waals surface area contributed by atoms with E-state index >= 15 is 0 Å². The predicted molar refractivity (Wildman–Crippen MR) is 101 cm³/mol. The number of hydrogen-bond donors (Lipinski definition) is 1. The van der Waals surface area contributed by atoms with E-state index in [-0.39, 0.29) is 17.3 Å². The quantitative estimate of drug-likeness (QED) is 0.851. The van der Waals surface area contributed by atoms with Gasteiger partial charge in [0.2, 0.25) is 5.95 Å². The van der Waals surface area contributed by atoms with Gasteiger partial charge < -0.3 is 15.2 Å². The van der Waals surface area contributed by atoms with Crippen molar-refractivity contribution in [3.05, 3.63) is 44.6 Å². The highest BCUT2D eigenvalue weighted by Crippen LogP contribution is 2.25. The largest absolute Gasteiger partial charge is 0.341 e. The van der Waals surface area contributed by atoms with Crippen LogP contribution in [0.3, 0.4) is 0 Å². The van der Waals surface area contributed by atoms with Gasteiger partial charge in [0.25, 0.3) is 5.56 Å². The lowest BCUT2D eigenvalue weighted by Gasteiger charge is -2.20. The SMILES string of the molecule is Cn1c(=O)c2c(nc(N3CC[C@H](N)C3)n2CC2=CC=CCC2)n(C)c1=O. The minimum absolute atomic E-state index is 0.103. The fourth-order valence-corrected chi connectivity index (χ4v) is 3.78. The van der Waals surface area contributed by atoms with E-state index in [2.05, 4.69) is 23.1 Å². The van der Waals surface area contributed by atoms with Gasteiger partial charge in [-0.3, -0.25) is 13.9 Å². The van der Waals surface area contributed by atoms with Crippen LogP contribution >= 0.6 is 0 Å². The number of hydrogen-bond acceptors (Lipinski definition) is 5. The van der Waals surface area contributed by atoms with E-state index in [0.717, 1.165) is 36.3 Å². The number of aromatic nitrogens is 4. The van der Waals surface area contributed by atoms with Crippen molar-refractivity contribution in [3.63, 3.8) is 0 Å². The van der Waals surface area contributed by atoms with Crippen LogP contribution in [-0.4, -0.2) is 37.8 Å². The number of imidazole rings is 1. The first-order chi connectivity index (χ1) is 12.5. The molecule has 0 amide bonds. The summed E-state index contributed by atoms with van der Waals surface area (Å²) in [5.41, 5.74) is 7.55. The first-order valence-electron chi connectivity index (χ1n) is 8.98. The highest BCUT2D eigenvalue weighted by atomic mass is 16.2. The summed E-state index contributed by atoms with van der Waals surface area (Å²) in [6, 6.07) is 0.103. The molecule has 1 fully saturated rings. The molecule has 3 heterocycles. The predicted octanol–water partition coefficient (Wildman–Crippen LogP) is 0.248. The standard InChI is InChI=1S/C18H24N6O2/c1-21-15-14(16(25)22(2)18(21)26)24(10-12-6-4-3-5-7-12)17(20-15)23-9-8-13(19)11-23/h3-4,6,13H,5,7-11,19H2,1-2H3/t13-/m0/s1. The highest BCUT2D eigenvalue weighted by molar-refractivity contribution is 5.75. The molecule has 1 saturated heterocycles. The lowest BCUT2D eigenvalue weighted by molar-refractivity contribution is 0.694. The summed E-state index contributed by atoms with van der Waals surface area (Å²) in [5, 5.41) is 0. The van der Waals surface area contributed by atoms with E-state index in [4.69, 9.17) is 10.7 Å². The van der Waals surface area contributed by atoms with Crippen LogP contribution in [0.2, 0.25) is 0 Å². The third-order valence-electron chi connectivity index (χ3n) is 5.30. The van der Waals surface area contributed by atoms with Gasteiger partial charge in [0.15, 0.2) is 11.2 Å². The van der Waals surface area contributed by atoms with Gasteiger partial charge in [-0.05, 0) is 19.3 Å². The van der Waals surface area contributed by atoms with E-state index in [1.807, 2.05) is 4.57 Å². The number of fused-ring (bicyclic) bond motifs is 1. The molecule has 138 valence electrons. The average molecular weight is 356 g/mol. The summed E-state index contributed by atoms with van der Waals surface area (Å²) in [6.07, 6.45) is 9.14. The molecule has 8 nitrogen and oxygen atoms in total. The number of nitrogens with zero attached hydrogens (tertiary/aromatic N) is 5. The molecule has 2 aliphatic rings. The molecule has 2 aromatic rings. The Hall–Kier alpha value is -2.61. The molecule has 0 spiro atoms. The van der Waals surface area contributed by atoms with E-state index in [1.165, 1.54) is 17.2 Å². The molecular weight excluding hydrogens is 332 g/mol. The number of aryl methyl sites for hydroxylation is 1. The molecule has 1 aliphatic carbocycles. The lowest BCUT2D eigenvalue weighted by Crippen LogP contribution is -2.37. The van der Waals surface area contributed by atoms with Crippen molar-refractivity contribution < 1.29 is 0 Å². The van der Waals surface area contributed by atoms with E-state index in [0.29, 0.717) is 24.3 Å². The molecule has 2 aromatic heterocycles. The Morgan fingerprint density at radius 1 is 1.27 bits per heavy atom. The monoisotopic (exact) mass is 356 g/mol. The Balaban J connectivity index is 1.95. The van der Waals surface area contributed by atoms with Crippen LogP contribution < -0.4 is 21.9 Å². The minimum Gasteiger partial charge on any atom is -0.341 e. The van der Waals surface area contributed by atoms with Crippen molar-refractivity contribution in [2.75, 3.05) is 18.0 Å². The summed E-state index contributed by atoms with van der Waals surface area (Å²) in [7, 11) is 3.17. The first kappa shape index (κ1) is 16.8. The number of nitrogens with two attached hydrogens (primary N) is 1. The zero-order valence-corrected chi connectivity index (χ0v) is 15.2. The Kier molecular flexibility index (Phi) is 4.07. The van der Waals surface area contributed by atoms with Gasteiger partial charge in [0.1, 0.15) is 0 Å². The molecule has 8 heteroatoms. The molecule has 0 saturated carbocycles. The zero-order valence-electron chi connectivity index (χ0n) is 15.2. The number of rotatable bonds is 3. The molecule has 1 aliphatic heterocycles. The third-order valence-corrected chi connectivity index (χ3v) is 5.30. The van der Waals surface area contributed by atoms with Crippen LogP contribution in [0.15, 0.2) is 33.4 Å². The fraction of sp³-hybridized carbons (Fsp3) is 0.500. The maximum atomic E-state index is 12.9. The van der Waals surface area contributed by atoms with Crippen LogP contribution in [0.1, 0.15) is 19.3 Å². The van der Waals surface area contributed by atoms with Crippen molar-refractivity contribution >= 4 is 17.1 Å². The third kappa shape index (κ3) is 2.61. The molecule has 1 atom stereocenters. The van der Waals surface area contributed by atoms with Gasteiger partial charge >= 0.3 is 5.69 Å². The van der Waals surface area contributed by atoms with Crippen molar-refractivity contribution in [2.45, 2.75) is 31.8 Å². The average Bonchev–Trinajstić information content (AvgIpc) is 3.23. The summed E-state index contributed by atoms with van der Waals surface area (Å²) < 4.78 is 4.55. The van der Waals surface area contributed by atoms with Gasteiger partial charge in [-0.15, -0.1) is 0 Å². The maximum Gasteiger partial charge on any atom is 0.332 e. The van der Waals surface area contributed by atoms with Crippen molar-refractivity contribution in [3.8, 4) is 0 Å². The van der Waals surface area contributed by atoms with Crippen LogP contribution in [0, 0.1) is 0 Å². The zero-order chi connectivity index (χ0) is 18.4. The van der Waals surface area contributed by atoms with E-state index in [1.54, 1.807) is 7.05 Å². The fourth-order valence-electron chi connectivity index (χ4n) is 3.78. The summed E-state index contributed by atoms with van der Waals surface area (Å²) >= 11 is 0.